The predicted octanol–water partition coefficient (Wildman–Crippen LogP) is 3.97. The van der Waals surface area contributed by atoms with Crippen LogP contribution in [-0.4, -0.2) is 9.66 Å². The first-order valence-corrected chi connectivity index (χ1v) is 7.50. The van der Waals surface area contributed by atoms with Gasteiger partial charge in [0.05, 0.1) is 12.2 Å². The Morgan fingerprint density at radius 3 is 2.45 bits per heavy atom. The first-order chi connectivity index (χ1) is 9.74. The van der Waals surface area contributed by atoms with Gasteiger partial charge in [0.25, 0.3) is 0 Å². The molecule has 2 heterocycles. The molecule has 2 aromatic heterocycles. The Hall–Kier alpha value is -2.07. The molecule has 0 aliphatic rings. The zero-order valence-corrected chi connectivity index (χ0v) is 12.4. The number of hydrogen-bond acceptors (Lipinski definition) is 3. The average molecular weight is 283 g/mol. The smallest absolute Gasteiger partial charge is 0.114 e. The number of aryl methyl sites for hydroxylation is 2. The maximum atomic E-state index is 4.68. The topological polar surface area (TPSA) is 29.9 Å². The molecule has 3 nitrogen and oxygen atoms in total. The molecule has 0 aliphatic heterocycles. The van der Waals surface area contributed by atoms with Crippen molar-refractivity contribution in [1.29, 1.82) is 0 Å². The van der Waals surface area contributed by atoms with Crippen molar-refractivity contribution in [2.75, 3.05) is 5.43 Å². The Morgan fingerprint density at radius 1 is 1.05 bits per heavy atom. The molecule has 102 valence electrons. The van der Waals surface area contributed by atoms with Crippen LogP contribution in [0.15, 0.2) is 47.8 Å². The van der Waals surface area contributed by atoms with Crippen molar-refractivity contribution in [1.82, 2.24) is 9.66 Å². The van der Waals surface area contributed by atoms with Gasteiger partial charge in [-0.2, -0.15) is 0 Å². The van der Waals surface area contributed by atoms with Gasteiger partial charge in [0.1, 0.15) is 5.01 Å². The predicted molar refractivity (Wildman–Crippen MR) is 84.5 cm³/mol. The van der Waals surface area contributed by atoms with Gasteiger partial charge in [-0.1, -0.05) is 30.3 Å². The standard InChI is InChI=1S/C16H17N3S/c1-12-8-9-13(2)19(12)17-10-16-18-15(11-20-16)14-6-4-3-5-7-14/h3-9,11,17H,10H2,1-2H3. The van der Waals surface area contributed by atoms with Crippen molar-refractivity contribution in [3.8, 4) is 11.3 Å². The Balaban J connectivity index is 1.72. The number of benzene rings is 1. The molecule has 0 saturated heterocycles. The van der Waals surface area contributed by atoms with Gasteiger partial charge in [-0.05, 0) is 26.0 Å². The Labute approximate surface area is 122 Å². The summed E-state index contributed by atoms with van der Waals surface area (Å²) in [6, 6.07) is 14.5. The molecule has 1 N–H and O–H groups in total. The zero-order chi connectivity index (χ0) is 13.9. The van der Waals surface area contributed by atoms with Gasteiger partial charge in [0.15, 0.2) is 0 Å². The average Bonchev–Trinajstić information content (AvgIpc) is 3.06. The van der Waals surface area contributed by atoms with E-state index in [2.05, 4.69) is 58.6 Å². The second-order valence-corrected chi connectivity index (χ2v) is 5.72. The number of thiazole rings is 1. The molecule has 0 radical (unpaired) electrons. The number of nitrogens with zero attached hydrogens (tertiary/aromatic N) is 2. The fraction of sp³-hybridized carbons (Fsp3) is 0.188. The minimum Gasteiger partial charge on any atom is -0.319 e. The lowest BCUT2D eigenvalue weighted by atomic mass is 10.2. The van der Waals surface area contributed by atoms with Crippen LogP contribution in [-0.2, 0) is 6.54 Å². The SMILES string of the molecule is Cc1ccc(C)n1NCc1nc(-c2ccccc2)cs1. The third kappa shape index (κ3) is 2.60. The van der Waals surface area contributed by atoms with E-state index in [-0.39, 0.29) is 0 Å². The largest absolute Gasteiger partial charge is 0.319 e. The molecule has 0 aliphatic carbocycles. The van der Waals surface area contributed by atoms with E-state index in [1.165, 1.54) is 17.0 Å². The lowest BCUT2D eigenvalue weighted by Gasteiger charge is -2.10. The second kappa shape index (κ2) is 5.51. The third-order valence-corrected chi connectivity index (χ3v) is 4.13. The quantitative estimate of drug-likeness (QED) is 0.785. The van der Waals surface area contributed by atoms with Crippen molar-refractivity contribution in [2.24, 2.45) is 0 Å². The third-order valence-electron chi connectivity index (χ3n) is 3.28. The molecule has 0 bridgehead atoms. The van der Waals surface area contributed by atoms with Gasteiger partial charge in [0.2, 0.25) is 0 Å². The Bertz CT molecular complexity index is 678. The number of nitrogens with one attached hydrogen (secondary N) is 1. The van der Waals surface area contributed by atoms with E-state index in [4.69, 9.17) is 0 Å². The minimum absolute atomic E-state index is 0.744. The van der Waals surface area contributed by atoms with Crippen LogP contribution in [0.2, 0.25) is 0 Å². The van der Waals surface area contributed by atoms with E-state index in [0.29, 0.717) is 0 Å². The summed E-state index contributed by atoms with van der Waals surface area (Å²) in [7, 11) is 0. The van der Waals surface area contributed by atoms with Crippen LogP contribution in [0.4, 0.5) is 0 Å². The first-order valence-electron chi connectivity index (χ1n) is 6.63. The number of rotatable bonds is 4. The minimum atomic E-state index is 0.744. The Morgan fingerprint density at radius 2 is 1.75 bits per heavy atom. The van der Waals surface area contributed by atoms with Gasteiger partial charge in [-0.15, -0.1) is 11.3 Å². The van der Waals surface area contributed by atoms with Gasteiger partial charge in [-0.25, -0.2) is 4.98 Å². The Kier molecular flexibility index (Phi) is 3.56. The maximum Gasteiger partial charge on any atom is 0.114 e. The molecule has 4 heteroatoms. The highest BCUT2D eigenvalue weighted by Crippen LogP contribution is 2.21. The van der Waals surface area contributed by atoms with E-state index in [9.17, 15) is 0 Å². The van der Waals surface area contributed by atoms with Crippen LogP contribution in [0, 0.1) is 13.8 Å². The summed E-state index contributed by atoms with van der Waals surface area (Å²) in [5, 5.41) is 3.21. The van der Waals surface area contributed by atoms with E-state index >= 15 is 0 Å². The van der Waals surface area contributed by atoms with Crippen LogP contribution < -0.4 is 5.43 Å². The van der Waals surface area contributed by atoms with Crippen molar-refractivity contribution in [3.63, 3.8) is 0 Å². The summed E-state index contributed by atoms with van der Waals surface area (Å²) in [5.74, 6) is 0. The fourth-order valence-electron chi connectivity index (χ4n) is 2.20. The van der Waals surface area contributed by atoms with E-state index in [1.807, 2.05) is 18.2 Å². The van der Waals surface area contributed by atoms with Crippen molar-refractivity contribution in [3.05, 3.63) is 64.2 Å². The second-order valence-electron chi connectivity index (χ2n) is 4.78. The molecular formula is C16H17N3S. The molecule has 0 saturated carbocycles. The molecule has 3 rings (SSSR count). The highest BCUT2D eigenvalue weighted by Gasteiger charge is 2.05. The lowest BCUT2D eigenvalue weighted by molar-refractivity contribution is 0.789. The van der Waals surface area contributed by atoms with Crippen LogP contribution in [0.5, 0.6) is 0 Å². The van der Waals surface area contributed by atoms with E-state index in [0.717, 1.165) is 17.2 Å². The molecule has 20 heavy (non-hydrogen) atoms. The van der Waals surface area contributed by atoms with E-state index in [1.54, 1.807) is 11.3 Å². The molecule has 0 amide bonds. The summed E-state index contributed by atoms with van der Waals surface area (Å²) in [6.45, 7) is 4.93. The monoisotopic (exact) mass is 283 g/mol. The lowest BCUT2D eigenvalue weighted by Crippen LogP contribution is -2.16. The number of hydrogen-bond donors (Lipinski definition) is 1. The van der Waals surface area contributed by atoms with Gasteiger partial charge in [0, 0.05) is 22.3 Å². The summed E-state index contributed by atoms with van der Waals surface area (Å²) < 4.78 is 2.10. The molecule has 0 fully saturated rings. The van der Waals surface area contributed by atoms with Crippen LogP contribution in [0.25, 0.3) is 11.3 Å². The fourth-order valence-corrected chi connectivity index (χ4v) is 2.93. The van der Waals surface area contributed by atoms with Crippen LogP contribution in [0.1, 0.15) is 16.4 Å². The molecule has 1 aromatic carbocycles. The number of aromatic nitrogens is 2. The normalized spacial score (nSPS) is 10.7. The van der Waals surface area contributed by atoms with Crippen molar-refractivity contribution in [2.45, 2.75) is 20.4 Å². The van der Waals surface area contributed by atoms with E-state index < -0.39 is 0 Å². The zero-order valence-electron chi connectivity index (χ0n) is 11.6. The van der Waals surface area contributed by atoms with Crippen LogP contribution >= 0.6 is 11.3 Å². The molecule has 0 atom stereocenters. The summed E-state index contributed by atoms with van der Waals surface area (Å²) in [6.07, 6.45) is 0. The molecule has 3 aromatic rings. The molecular weight excluding hydrogens is 266 g/mol. The van der Waals surface area contributed by atoms with Crippen molar-refractivity contribution >= 4 is 11.3 Å². The summed E-state index contributed by atoms with van der Waals surface area (Å²) in [5.41, 5.74) is 8.05. The summed E-state index contributed by atoms with van der Waals surface area (Å²) in [4.78, 5) is 4.68. The molecule has 0 spiro atoms. The van der Waals surface area contributed by atoms with Crippen molar-refractivity contribution < 1.29 is 0 Å². The van der Waals surface area contributed by atoms with Gasteiger partial charge >= 0.3 is 0 Å². The highest BCUT2D eigenvalue weighted by molar-refractivity contribution is 7.09. The first kappa shape index (κ1) is 12.9. The maximum absolute atomic E-state index is 4.68. The summed E-state index contributed by atoms with van der Waals surface area (Å²) >= 11 is 1.69. The molecule has 0 unspecified atom stereocenters. The van der Waals surface area contributed by atoms with Crippen LogP contribution in [0.3, 0.4) is 0 Å². The van der Waals surface area contributed by atoms with Gasteiger partial charge < -0.3 is 5.43 Å². The van der Waals surface area contributed by atoms with Gasteiger partial charge in [-0.3, -0.25) is 4.68 Å². The highest BCUT2D eigenvalue weighted by atomic mass is 32.1.